The van der Waals surface area contributed by atoms with Gasteiger partial charge < -0.3 is 18.9 Å². The highest BCUT2D eigenvalue weighted by Crippen LogP contribution is 2.67. The van der Waals surface area contributed by atoms with Gasteiger partial charge in [0.2, 0.25) is 0 Å². The molecule has 4 rings (SSSR count). The monoisotopic (exact) mass is 380 g/mol. The van der Waals surface area contributed by atoms with E-state index in [0.29, 0.717) is 6.42 Å². The molecule has 0 radical (unpaired) electrons. The number of ether oxygens (including phenoxy) is 4. The Hall–Kier alpha value is -1.14. The molecule has 0 unspecified atom stereocenters. The predicted octanol–water partition coefficient (Wildman–Crippen LogP) is 3.22. The van der Waals surface area contributed by atoms with E-state index < -0.39 is 11.9 Å². The molecule has 1 spiro atoms. The fourth-order valence-electron chi connectivity index (χ4n) is 7.12. The summed E-state index contributed by atoms with van der Waals surface area (Å²) >= 11 is 0. The number of carbonyl (C=O) groups excluding carboxylic acids is 2. The molecule has 0 N–H and O–H groups in total. The van der Waals surface area contributed by atoms with Crippen molar-refractivity contribution in [1.82, 2.24) is 0 Å². The van der Waals surface area contributed by atoms with Gasteiger partial charge in [0.25, 0.3) is 0 Å². The van der Waals surface area contributed by atoms with Gasteiger partial charge >= 0.3 is 11.9 Å². The van der Waals surface area contributed by atoms with Crippen LogP contribution < -0.4 is 0 Å². The van der Waals surface area contributed by atoms with Crippen LogP contribution in [-0.2, 0) is 28.5 Å². The van der Waals surface area contributed by atoms with Crippen molar-refractivity contribution in [2.45, 2.75) is 90.3 Å². The standard InChI is InChI=1S/C21H32O6/c1-12(22)25-14-11-21-15(20(4)10-6-9-19(2,3)17(14)20)8-7-13(26-21)16(27-21)18(23)24-5/h13-17H,6-11H2,1-5H3/t13-,14-,15+,16+,17-,20-,21-/m0/s1. The number of esters is 2. The Bertz CT molecular complexity index is 645. The van der Waals surface area contributed by atoms with Gasteiger partial charge in [0, 0.05) is 25.2 Å². The van der Waals surface area contributed by atoms with Gasteiger partial charge in [-0.2, -0.15) is 0 Å². The van der Waals surface area contributed by atoms with Crippen molar-refractivity contribution >= 4 is 11.9 Å². The normalized spacial score (nSPS) is 47.5. The van der Waals surface area contributed by atoms with Crippen molar-refractivity contribution in [1.29, 1.82) is 0 Å². The third kappa shape index (κ3) is 2.74. The molecule has 0 aromatic carbocycles. The second-order valence-electron chi connectivity index (χ2n) is 9.84. The van der Waals surface area contributed by atoms with E-state index in [1.165, 1.54) is 14.0 Å². The molecule has 2 bridgehead atoms. The fourth-order valence-corrected chi connectivity index (χ4v) is 7.12. The average Bonchev–Trinajstić information content (AvgIpc) is 2.83. The van der Waals surface area contributed by atoms with Crippen LogP contribution in [-0.4, -0.2) is 43.1 Å². The first-order valence-corrected chi connectivity index (χ1v) is 10.2. The lowest BCUT2D eigenvalue weighted by molar-refractivity contribution is -0.318. The smallest absolute Gasteiger partial charge is 0.337 e. The molecule has 0 aromatic rings. The molecule has 0 aromatic heterocycles. The number of hydrogen-bond acceptors (Lipinski definition) is 6. The lowest BCUT2D eigenvalue weighted by Gasteiger charge is -2.64. The maximum atomic E-state index is 12.2. The number of rotatable bonds is 2. The average molecular weight is 380 g/mol. The van der Waals surface area contributed by atoms with Crippen LogP contribution in [0.2, 0.25) is 0 Å². The topological polar surface area (TPSA) is 71.1 Å². The van der Waals surface area contributed by atoms with Crippen molar-refractivity contribution in [3.05, 3.63) is 0 Å². The Morgan fingerprint density at radius 2 is 1.81 bits per heavy atom. The van der Waals surface area contributed by atoms with Gasteiger partial charge in [-0.3, -0.25) is 4.79 Å². The first kappa shape index (κ1) is 19.2. The maximum Gasteiger partial charge on any atom is 0.337 e. The highest BCUT2D eigenvalue weighted by molar-refractivity contribution is 5.75. The quantitative estimate of drug-likeness (QED) is 0.685. The summed E-state index contributed by atoms with van der Waals surface area (Å²) < 4.78 is 23.5. The van der Waals surface area contributed by atoms with Gasteiger partial charge in [-0.25, -0.2) is 4.79 Å². The summed E-state index contributed by atoms with van der Waals surface area (Å²) in [5.74, 6) is -1.07. The van der Waals surface area contributed by atoms with Gasteiger partial charge in [-0.1, -0.05) is 27.2 Å². The van der Waals surface area contributed by atoms with E-state index >= 15 is 0 Å². The second kappa shape index (κ2) is 6.18. The van der Waals surface area contributed by atoms with E-state index in [-0.39, 0.29) is 46.8 Å². The SMILES string of the molecule is COC(=O)[C@@H]1O[C@@]23C[C@H](OC(C)=O)[C@H]4C(C)(C)CCC[C@@]4(C)[C@H]2CC[C@@H]1O3. The van der Waals surface area contributed by atoms with Crippen molar-refractivity contribution in [2.24, 2.45) is 22.7 Å². The minimum Gasteiger partial charge on any atom is -0.467 e. The van der Waals surface area contributed by atoms with E-state index in [1.54, 1.807) is 0 Å². The zero-order chi connectivity index (χ0) is 19.6. The molecule has 2 aliphatic carbocycles. The first-order valence-electron chi connectivity index (χ1n) is 10.2. The highest BCUT2D eigenvalue weighted by atomic mass is 16.8. The molecular formula is C21H32O6. The zero-order valence-corrected chi connectivity index (χ0v) is 17.1. The van der Waals surface area contributed by atoms with Gasteiger partial charge in [0.15, 0.2) is 11.9 Å². The van der Waals surface area contributed by atoms with Crippen LogP contribution in [0, 0.1) is 22.7 Å². The lowest BCUT2D eigenvalue weighted by atomic mass is 9.45. The van der Waals surface area contributed by atoms with E-state index in [0.717, 1.165) is 32.1 Å². The summed E-state index contributed by atoms with van der Waals surface area (Å²) in [7, 11) is 1.38. The van der Waals surface area contributed by atoms with E-state index in [1.807, 2.05) is 0 Å². The number of methoxy groups -OCH3 is 1. The summed E-state index contributed by atoms with van der Waals surface area (Å²) in [5.41, 5.74) is 0.0159. The van der Waals surface area contributed by atoms with E-state index in [2.05, 4.69) is 20.8 Å². The van der Waals surface area contributed by atoms with Gasteiger partial charge in [0.1, 0.15) is 6.10 Å². The molecule has 4 fully saturated rings. The van der Waals surface area contributed by atoms with Crippen LogP contribution in [0.4, 0.5) is 0 Å². The largest absolute Gasteiger partial charge is 0.467 e. The maximum absolute atomic E-state index is 12.2. The molecule has 0 amide bonds. The molecule has 4 aliphatic rings. The Morgan fingerprint density at radius 1 is 1.07 bits per heavy atom. The molecule has 2 saturated heterocycles. The highest BCUT2D eigenvalue weighted by Gasteiger charge is 2.70. The second-order valence-corrected chi connectivity index (χ2v) is 9.84. The minimum atomic E-state index is -0.861. The number of fused-ring (bicyclic) bond motifs is 3. The summed E-state index contributed by atoms with van der Waals surface area (Å²) in [4.78, 5) is 24.1. The summed E-state index contributed by atoms with van der Waals surface area (Å²) in [5, 5.41) is 0. The lowest BCUT2D eigenvalue weighted by Crippen LogP contribution is -2.65. The molecule has 2 saturated carbocycles. The Labute approximate surface area is 161 Å². The van der Waals surface area contributed by atoms with Crippen molar-refractivity contribution in [3.63, 3.8) is 0 Å². The molecular weight excluding hydrogens is 348 g/mol. The van der Waals surface area contributed by atoms with E-state index in [9.17, 15) is 9.59 Å². The molecule has 152 valence electrons. The Balaban J connectivity index is 1.75. The molecule has 2 heterocycles. The van der Waals surface area contributed by atoms with Crippen molar-refractivity contribution < 1.29 is 28.5 Å². The first-order chi connectivity index (χ1) is 12.6. The van der Waals surface area contributed by atoms with Gasteiger partial charge in [-0.15, -0.1) is 0 Å². The number of hydrogen-bond donors (Lipinski definition) is 0. The summed E-state index contributed by atoms with van der Waals surface area (Å²) in [6.45, 7) is 8.37. The fraction of sp³-hybridized carbons (Fsp3) is 0.905. The third-order valence-electron chi connectivity index (χ3n) is 7.78. The van der Waals surface area contributed by atoms with Crippen LogP contribution in [0.25, 0.3) is 0 Å². The van der Waals surface area contributed by atoms with Crippen LogP contribution in [0.5, 0.6) is 0 Å². The summed E-state index contributed by atoms with van der Waals surface area (Å²) in [6.07, 6.45) is 4.35. The van der Waals surface area contributed by atoms with Gasteiger partial charge in [-0.05, 0) is 36.5 Å². The third-order valence-corrected chi connectivity index (χ3v) is 7.78. The molecule has 2 aliphatic heterocycles. The zero-order valence-electron chi connectivity index (χ0n) is 17.1. The van der Waals surface area contributed by atoms with Gasteiger partial charge in [0.05, 0.1) is 13.2 Å². The predicted molar refractivity (Wildman–Crippen MR) is 96.6 cm³/mol. The van der Waals surface area contributed by atoms with Crippen LogP contribution in [0.1, 0.15) is 66.2 Å². The molecule has 7 atom stereocenters. The van der Waals surface area contributed by atoms with Crippen molar-refractivity contribution in [3.8, 4) is 0 Å². The molecule has 6 nitrogen and oxygen atoms in total. The van der Waals surface area contributed by atoms with Crippen LogP contribution >= 0.6 is 0 Å². The molecule has 6 heteroatoms. The molecule has 27 heavy (non-hydrogen) atoms. The number of carbonyl (C=O) groups is 2. The Kier molecular flexibility index (Phi) is 4.39. The Morgan fingerprint density at radius 3 is 2.48 bits per heavy atom. The van der Waals surface area contributed by atoms with E-state index in [4.69, 9.17) is 18.9 Å². The van der Waals surface area contributed by atoms with Crippen molar-refractivity contribution in [2.75, 3.05) is 7.11 Å². The minimum absolute atomic E-state index is 0.0594. The van der Waals surface area contributed by atoms with Crippen LogP contribution in [0.3, 0.4) is 0 Å². The summed E-state index contributed by atoms with van der Waals surface area (Å²) in [6, 6.07) is 0. The van der Waals surface area contributed by atoms with Crippen LogP contribution in [0.15, 0.2) is 0 Å².